The fourth-order valence-electron chi connectivity index (χ4n) is 2.64. The van der Waals surface area contributed by atoms with Crippen LogP contribution in [-0.2, 0) is 9.84 Å². The van der Waals surface area contributed by atoms with E-state index in [9.17, 15) is 13.2 Å². The molecule has 0 radical (unpaired) electrons. The molecule has 1 aromatic rings. The summed E-state index contributed by atoms with van der Waals surface area (Å²) in [5.74, 6) is 0.0946. The molecule has 0 bridgehead atoms. The lowest BCUT2D eigenvalue weighted by molar-refractivity contribution is 0.183. The molecule has 1 aliphatic rings. The third kappa shape index (κ3) is 5.34. The van der Waals surface area contributed by atoms with Crippen LogP contribution in [0, 0.1) is 5.92 Å². The van der Waals surface area contributed by atoms with Crippen molar-refractivity contribution in [3.8, 4) is 0 Å². The smallest absolute Gasteiger partial charge is 0.321 e. The summed E-state index contributed by atoms with van der Waals surface area (Å²) in [6.45, 7) is 1.05. The number of sulfone groups is 1. The Morgan fingerprint density at radius 1 is 1.32 bits per heavy atom. The van der Waals surface area contributed by atoms with E-state index in [4.69, 9.17) is 23.2 Å². The van der Waals surface area contributed by atoms with Gasteiger partial charge in [0.15, 0.2) is 0 Å². The van der Waals surface area contributed by atoms with E-state index in [1.54, 1.807) is 23.1 Å². The Morgan fingerprint density at radius 2 is 1.95 bits per heavy atom. The van der Waals surface area contributed by atoms with Crippen molar-refractivity contribution in [3.05, 3.63) is 28.2 Å². The van der Waals surface area contributed by atoms with Crippen LogP contribution in [0.2, 0.25) is 10.0 Å². The summed E-state index contributed by atoms with van der Waals surface area (Å²) in [5.41, 5.74) is 0.521. The third-order valence-corrected chi connectivity index (χ3v) is 4.97. The van der Waals surface area contributed by atoms with Gasteiger partial charge >= 0.3 is 6.03 Å². The lowest BCUT2D eigenvalue weighted by Gasteiger charge is -2.32. The van der Waals surface area contributed by atoms with Crippen molar-refractivity contribution in [3.63, 3.8) is 0 Å². The number of halogens is 2. The highest BCUT2D eigenvalue weighted by Crippen LogP contribution is 2.24. The molecule has 1 atom stereocenters. The van der Waals surface area contributed by atoms with Crippen LogP contribution in [0.3, 0.4) is 0 Å². The molecule has 1 aromatic carbocycles. The summed E-state index contributed by atoms with van der Waals surface area (Å²) >= 11 is 11.8. The van der Waals surface area contributed by atoms with Crippen molar-refractivity contribution in [1.82, 2.24) is 4.90 Å². The number of amides is 2. The maximum absolute atomic E-state index is 12.3. The van der Waals surface area contributed by atoms with Gasteiger partial charge in [-0.1, -0.05) is 23.2 Å². The van der Waals surface area contributed by atoms with E-state index in [0.717, 1.165) is 12.8 Å². The Kier molecular flexibility index (Phi) is 5.58. The Bertz CT molecular complexity index is 644. The van der Waals surface area contributed by atoms with Gasteiger partial charge in [0.1, 0.15) is 9.84 Å². The Hall–Kier alpha value is -0.980. The van der Waals surface area contributed by atoms with Gasteiger partial charge in [-0.2, -0.15) is 0 Å². The van der Waals surface area contributed by atoms with Crippen molar-refractivity contribution < 1.29 is 13.2 Å². The average Bonchev–Trinajstić information content (AvgIpc) is 2.35. The van der Waals surface area contributed by atoms with Gasteiger partial charge in [-0.05, 0) is 37.0 Å². The Morgan fingerprint density at radius 3 is 2.55 bits per heavy atom. The molecule has 2 amide bonds. The zero-order valence-corrected chi connectivity index (χ0v) is 14.5. The summed E-state index contributed by atoms with van der Waals surface area (Å²) in [6.07, 6.45) is 2.84. The molecule has 1 aliphatic heterocycles. The van der Waals surface area contributed by atoms with Crippen LogP contribution in [0.4, 0.5) is 10.5 Å². The molecule has 2 rings (SSSR count). The minimum absolute atomic E-state index is 0.0163. The van der Waals surface area contributed by atoms with Gasteiger partial charge in [-0.3, -0.25) is 0 Å². The van der Waals surface area contributed by atoms with Crippen LogP contribution in [0.15, 0.2) is 18.2 Å². The largest absolute Gasteiger partial charge is 0.324 e. The van der Waals surface area contributed by atoms with E-state index in [1.165, 1.54) is 6.26 Å². The summed E-state index contributed by atoms with van der Waals surface area (Å²) in [5, 5.41) is 3.63. The highest BCUT2D eigenvalue weighted by molar-refractivity contribution is 7.90. The molecule has 0 spiro atoms. The van der Waals surface area contributed by atoms with E-state index >= 15 is 0 Å². The van der Waals surface area contributed by atoms with Crippen LogP contribution >= 0.6 is 23.2 Å². The predicted octanol–water partition coefficient (Wildman–Crippen LogP) is 3.28. The molecular formula is C14H18Cl2N2O3S. The molecule has 0 aromatic heterocycles. The zero-order valence-electron chi connectivity index (χ0n) is 12.2. The average molecular weight is 365 g/mol. The second kappa shape index (κ2) is 7.06. The van der Waals surface area contributed by atoms with Crippen molar-refractivity contribution in [1.29, 1.82) is 0 Å². The van der Waals surface area contributed by atoms with Crippen molar-refractivity contribution >= 4 is 44.8 Å². The second-order valence-corrected chi connectivity index (χ2v) is 8.69. The van der Waals surface area contributed by atoms with Gasteiger partial charge in [-0.25, -0.2) is 13.2 Å². The molecule has 1 saturated heterocycles. The number of rotatable bonds is 3. The zero-order chi connectivity index (χ0) is 16.3. The summed E-state index contributed by atoms with van der Waals surface area (Å²) in [4.78, 5) is 13.9. The molecule has 0 aliphatic carbocycles. The first kappa shape index (κ1) is 17.4. The van der Waals surface area contributed by atoms with Crippen LogP contribution in [0.1, 0.15) is 12.8 Å². The van der Waals surface area contributed by atoms with Gasteiger partial charge in [0.25, 0.3) is 0 Å². The first-order valence-corrected chi connectivity index (χ1v) is 9.74. The fourth-order valence-corrected chi connectivity index (χ4v) is 4.30. The van der Waals surface area contributed by atoms with Crippen LogP contribution < -0.4 is 5.32 Å². The van der Waals surface area contributed by atoms with Gasteiger partial charge in [-0.15, -0.1) is 0 Å². The normalized spacial score (nSPS) is 19.0. The molecule has 0 saturated carbocycles. The quantitative estimate of drug-likeness (QED) is 0.894. The first-order chi connectivity index (χ1) is 10.2. The maximum atomic E-state index is 12.3. The molecule has 1 N–H and O–H groups in total. The number of urea groups is 1. The topological polar surface area (TPSA) is 66.5 Å². The number of hydrogen-bond acceptors (Lipinski definition) is 3. The van der Waals surface area contributed by atoms with Crippen molar-refractivity contribution in [2.24, 2.45) is 5.92 Å². The van der Waals surface area contributed by atoms with Crippen molar-refractivity contribution in [2.45, 2.75) is 12.8 Å². The van der Waals surface area contributed by atoms with Gasteiger partial charge in [0.2, 0.25) is 0 Å². The number of nitrogens with zero attached hydrogens (tertiary/aromatic N) is 1. The number of anilines is 1. The number of nitrogens with one attached hydrogen (secondary N) is 1. The number of hydrogen-bond donors (Lipinski definition) is 1. The standard InChI is InChI=1S/C14H18Cl2N2O3S/c1-22(20,21)9-10-3-2-4-18(8-10)14(19)17-13-6-11(15)5-12(16)7-13/h5-7,10H,2-4,8-9H2,1H3,(H,17,19)/t10-/m0/s1. The van der Waals surface area contributed by atoms with E-state index < -0.39 is 9.84 Å². The molecular weight excluding hydrogens is 347 g/mol. The molecule has 122 valence electrons. The minimum atomic E-state index is -3.04. The van der Waals surface area contributed by atoms with Gasteiger partial charge < -0.3 is 10.2 Å². The molecule has 22 heavy (non-hydrogen) atoms. The number of likely N-dealkylation sites (tertiary alicyclic amines) is 1. The van der Waals surface area contributed by atoms with E-state index in [2.05, 4.69) is 5.32 Å². The number of carbonyl (C=O) groups excluding carboxylic acids is 1. The lowest BCUT2D eigenvalue weighted by Crippen LogP contribution is -2.43. The SMILES string of the molecule is CS(=O)(=O)C[C@H]1CCCN(C(=O)Nc2cc(Cl)cc(Cl)c2)C1. The molecule has 5 nitrogen and oxygen atoms in total. The van der Waals surface area contributed by atoms with Crippen LogP contribution in [0.25, 0.3) is 0 Å². The highest BCUT2D eigenvalue weighted by atomic mass is 35.5. The van der Waals surface area contributed by atoms with Crippen LogP contribution in [-0.4, -0.2) is 44.4 Å². The van der Waals surface area contributed by atoms with Gasteiger partial charge in [0.05, 0.1) is 5.75 Å². The lowest BCUT2D eigenvalue weighted by atomic mass is 10.0. The first-order valence-electron chi connectivity index (χ1n) is 6.93. The minimum Gasteiger partial charge on any atom is -0.324 e. The highest BCUT2D eigenvalue weighted by Gasteiger charge is 2.26. The third-order valence-electron chi connectivity index (χ3n) is 3.46. The Labute approximate surface area is 140 Å². The molecule has 1 heterocycles. The van der Waals surface area contributed by atoms with E-state index in [-0.39, 0.29) is 17.7 Å². The summed E-state index contributed by atoms with van der Waals surface area (Å²) < 4.78 is 22.8. The molecule has 0 unspecified atom stereocenters. The van der Waals surface area contributed by atoms with Crippen LogP contribution in [0.5, 0.6) is 0 Å². The summed E-state index contributed by atoms with van der Waals surface area (Å²) in [7, 11) is -3.04. The molecule has 8 heteroatoms. The van der Waals surface area contributed by atoms with Gasteiger partial charge in [0, 0.05) is 35.1 Å². The number of carbonyl (C=O) groups is 1. The summed E-state index contributed by atoms with van der Waals surface area (Å²) in [6, 6.07) is 4.55. The maximum Gasteiger partial charge on any atom is 0.321 e. The van der Waals surface area contributed by atoms with E-state index in [1.807, 2.05) is 0 Å². The number of benzene rings is 1. The second-order valence-electron chi connectivity index (χ2n) is 5.63. The van der Waals surface area contributed by atoms with Crippen molar-refractivity contribution in [2.75, 3.05) is 30.4 Å². The monoisotopic (exact) mass is 364 g/mol. The number of piperidine rings is 1. The van der Waals surface area contributed by atoms with E-state index in [0.29, 0.717) is 28.8 Å². The Balaban J connectivity index is 1.99. The molecule has 1 fully saturated rings. The fraction of sp³-hybridized carbons (Fsp3) is 0.500. The predicted molar refractivity (Wildman–Crippen MR) is 89.5 cm³/mol.